The predicted octanol–water partition coefficient (Wildman–Crippen LogP) is 4.84. The van der Waals surface area contributed by atoms with Gasteiger partial charge in [0.05, 0.1) is 11.4 Å². The molecule has 0 bridgehead atoms. The molecule has 80 valence electrons. The van der Waals surface area contributed by atoms with Gasteiger partial charge < -0.3 is 5.32 Å². The van der Waals surface area contributed by atoms with Gasteiger partial charge >= 0.3 is 0 Å². The highest BCUT2D eigenvalue weighted by Gasteiger charge is 2.15. The molecule has 0 unspecified atom stereocenters. The minimum atomic E-state index is 0.751. The van der Waals surface area contributed by atoms with Crippen molar-refractivity contribution in [1.82, 2.24) is 0 Å². The fourth-order valence-corrected chi connectivity index (χ4v) is 3.12. The van der Waals surface area contributed by atoms with Crippen LogP contribution in [0.1, 0.15) is 0 Å². The zero-order valence-electron chi connectivity index (χ0n) is 8.20. The van der Waals surface area contributed by atoms with E-state index >= 15 is 0 Å². The number of hydrogen-bond acceptors (Lipinski definition) is 3. The van der Waals surface area contributed by atoms with Crippen LogP contribution in [0.4, 0.5) is 11.4 Å². The number of halogens is 1. The number of fused-ring (bicyclic) bond motifs is 2. The van der Waals surface area contributed by atoms with Gasteiger partial charge in [-0.1, -0.05) is 23.4 Å². The molecule has 1 aliphatic heterocycles. The third kappa shape index (κ3) is 1.79. The van der Waals surface area contributed by atoms with E-state index in [9.17, 15) is 0 Å². The van der Waals surface area contributed by atoms with Crippen molar-refractivity contribution in [3.05, 3.63) is 41.4 Å². The Morgan fingerprint density at radius 2 is 1.88 bits per heavy atom. The molecule has 0 radical (unpaired) electrons. The van der Waals surface area contributed by atoms with Crippen LogP contribution in [-0.2, 0) is 0 Å². The molecule has 2 aromatic carbocycles. The summed E-state index contributed by atoms with van der Waals surface area (Å²) in [6, 6.07) is 12.0. The van der Waals surface area contributed by atoms with Crippen LogP contribution in [0.5, 0.6) is 0 Å². The van der Waals surface area contributed by atoms with Gasteiger partial charge in [-0.3, -0.25) is 0 Å². The van der Waals surface area contributed by atoms with Crippen molar-refractivity contribution < 1.29 is 0 Å². The highest BCUT2D eigenvalue weighted by Crippen LogP contribution is 2.45. The lowest BCUT2D eigenvalue weighted by molar-refractivity contribution is 1.27. The fourth-order valence-electron chi connectivity index (χ4n) is 1.65. The molecule has 2 aromatic rings. The first kappa shape index (κ1) is 10.4. The van der Waals surface area contributed by atoms with E-state index in [1.165, 1.54) is 9.79 Å². The highest BCUT2D eigenvalue weighted by atomic mass is 35.5. The van der Waals surface area contributed by atoms with E-state index in [0.29, 0.717) is 0 Å². The first-order chi connectivity index (χ1) is 7.72. The van der Waals surface area contributed by atoms with Crippen molar-refractivity contribution in [2.75, 3.05) is 5.32 Å². The van der Waals surface area contributed by atoms with Crippen molar-refractivity contribution in [3.63, 3.8) is 0 Å². The van der Waals surface area contributed by atoms with Gasteiger partial charge in [0, 0.05) is 19.7 Å². The molecule has 1 nitrogen and oxygen atoms in total. The van der Waals surface area contributed by atoms with Crippen LogP contribution in [0.25, 0.3) is 0 Å². The number of nitrogens with one attached hydrogen (secondary N) is 1. The van der Waals surface area contributed by atoms with E-state index < -0.39 is 0 Å². The van der Waals surface area contributed by atoms with E-state index in [1.807, 2.05) is 30.3 Å². The lowest BCUT2D eigenvalue weighted by atomic mass is 10.2. The summed E-state index contributed by atoms with van der Waals surface area (Å²) in [7, 11) is 0. The summed E-state index contributed by atoms with van der Waals surface area (Å²) in [5, 5.41) is 4.12. The molecule has 3 rings (SSSR count). The number of rotatable bonds is 0. The Hall–Kier alpha value is -0.770. The zero-order valence-corrected chi connectivity index (χ0v) is 10.7. The van der Waals surface area contributed by atoms with Crippen LogP contribution in [0.2, 0.25) is 5.02 Å². The molecule has 0 spiro atoms. The maximum atomic E-state index is 5.97. The maximum Gasteiger partial charge on any atom is 0.0541 e. The Balaban J connectivity index is 2.09. The minimum absolute atomic E-state index is 0.751. The normalized spacial score (nSPS) is 12.6. The first-order valence-corrected chi connectivity index (χ1v) is 6.44. The second kappa shape index (κ2) is 3.91. The lowest BCUT2D eigenvalue weighted by Crippen LogP contribution is -1.99. The molecule has 16 heavy (non-hydrogen) atoms. The van der Waals surface area contributed by atoms with Gasteiger partial charge in [-0.05, 0) is 36.4 Å². The van der Waals surface area contributed by atoms with Crippen LogP contribution >= 0.6 is 36.0 Å². The van der Waals surface area contributed by atoms with Gasteiger partial charge in [0.15, 0.2) is 0 Å². The van der Waals surface area contributed by atoms with Gasteiger partial charge in [0.25, 0.3) is 0 Å². The smallest absolute Gasteiger partial charge is 0.0541 e. The maximum absolute atomic E-state index is 5.97. The van der Waals surface area contributed by atoms with E-state index in [2.05, 4.69) is 24.0 Å². The summed E-state index contributed by atoms with van der Waals surface area (Å²) < 4.78 is 0. The SMILES string of the molecule is Sc1ccc2c(c1)Sc1ccc(Cl)cc1N2. The van der Waals surface area contributed by atoms with Crippen LogP contribution in [0.3, 0.4) is 0 Å². The van der Waals surface area contributed by atoms with Crippen molar-refractivity contribution >= 4 is 47.4 Å². The van der Waals surface area contributed by atoms with Crippen LogP contribution in [0.15, 0.2) is 51.1 Å². The Bertz CT molecular complexity index is 517. The topological polar surface area (TPSA) is 12.0 Å². The molecular formula is C12H8ClNS2. The van der Waals surface area contributed by atoms with Crippen molar-refractivity contribution in [3.8, 4) is 0 Å². The third-order valence-corrected chi connectivity index (χ3v) is 4.04. The van der Waals surface area contributed by atoms with Gasteiger partial charge in [-0.15, -0.1) is 12.6 Å². The number of anilines is 2. The summed E-state index contributed by atoms with van der Waals surface area (Å²) >= 11 is 12.0. The summed E-state index contributed by atoms with van der Waals surface area (Å²) in [5.41, 5.74) is 2.18. The van der Waals surface area contributed by atoms with Crippen molar-refractivity contribution in [2.24, 2.45) is 0 Å². The van der Waals surface area contributed by atoms with E-state index in [1.54, 1.807) is 11.8 Å². The molecule has 0 amide bonds. The molecule has 0 saturated heterocycles. The highest BCUT2D eigenvalue weighted by molar-refractivity contribution is 7.99. The minimum Gasteiger partial charge on any atom is -0.354 e. The second-order valence-corrected chi connectivity index (χ2v) is 5.58. The van der Waals surface area contributed by atoms with Gasteiger partial charge in [0.2, 0.25) is 0 Å². The van der Waals surface area contributed by atoms with E-state index in [4.69, 9.17) is 11.6 Å². The molecule has 0 atom stereocenters. The lowest BCUT2D eigenvalue weighted by Gasteiger charge is -2.21. The van der Waals surface area contributed by atoms with Gasteiger partial charge in [-0.25, -0.2) is 0 Å². The van der Waals surface area contributed by atoms with E-state index in [-0.39, 0.29) is 0 Å². The molecule has 4 heteroatoms. The number of benzene rings is 2. The predicted molar refractivity (Wildman–Crippen MR) is 72.6 cm³/mol. The summed E-state index contributed by atoms with van der Waals surface area (Å²) in [6.45, 7) is 0. The molecule has 0 fully saturated rings. The Labute approximate surface area is 109 Å². The zero-order chi connectivity index (χ0) is 11.1. The van der Waals surface area contributed by atoms with Crippen molar-refractivity contribution in [2.45, 2.75) is 14.7 Å². The molecule has 0 saturated carbocycles. The Kier molecular flexibility index (Phi) is 2.54. The molecular weight excluding hydrogens is 258 g/mol. The second-order valence-electron chi connectivity index (χ2n) is 3.55. The van der Waals surface area contributed by atoms with Crippen LogP contribution in [-0.4, -0.2) is 0 Å². The van der Waals surface area contributed by atoms with Gasteiger partial charge in [0.1, 0.15) is 0 Å². The third-order valence-electron chi connectivity index (χ3n) is 2.40. The molecule has 0 aliphatic carbocycles. The standard InChI is InChI=1S/C12H8ClNS2/c13-7-1-4-11-10(5-7)14-9-3-2-8(15)6-12(9)16-11/h1-6,14-15H. The molecule has 1 heterocycles. The average Bonchev–Trinajstić information content (AvgIpc) is 2.26. The average molecular weight is 266 g/mol. The Morgan fingerprint density at radius 1 is 1.00 bits per heavy atom. The largest absolute Gasteiger partial charge is 0.354 e. The summed E-state index contributed by atoms with van der Waals surface area (Å²) in [4.78, 5) is 3.36. The fraction of sp³-hybridized carbons (Fsp3) is 0. The Morgan fingerprint density at radius 3 is 2.75 bits per heavy atom. The monoisotopic (exact) mass is 265 g/mol. The van der Waals surface area contributed by atoms with Gasteiger partial charge in [-0.2, -0.15) is 0 Å². The molecule has 1 N–H and O–H groups in total. The molecule has 1 aliphatic rings. The van der Waals surface area contributed by atoms with Crippen LogP contribution < -0.4 is 5.32 Å². The van der Waals surface area contributed by atoms with E-state index in [0.717, 1.165) is 21.3 Å². The number of thiol groups is 1. The number of hydrogen-bond donors (Lipinski definition) is 2. The quantitative estimate of drug-likeness (QED) is 0.564. The summed E-state index contributed by atoms with van der Waals surface area (Å²) in [5.74, 6) is 0. The van der Waals surface area contributed by atoms with Crippen LogP contribution in [0, 0.1) is 0 Å². The van der Waals surface area contributed by atoms with Crippen molar-refractivity contribution in [1.29, 1.82) is 0 Å². The summed E-state index contributed by atoms with van der Waals surface area (Å²) in [6.07, 6.45) is 0. The first-order valence-electron chi connectivity index (χ1n) is 4.80. The molecule has 0 aromatic heterocycles.